The van der Waals surface area contributed by atoms with Crippen LogP contribution in [0.4, 0.5) is 8.78 Å². The fourth-order valence-corrected chi connectivity index (χ4v) is 11.3. The van der Waals surface area contributed by atoms with E-state index in [0.29, 0.717) is 11.5 Å². The van der Waals surface area contributed by atoms with Gasteiger partial charge in [-0.05, 0) is 47.6 Å². The summed E-state index contributed by atoms with van der Waals surface area (Å²) >= 11 is 0. The first-order valence-corrected chi connectivity index (χ1v) is 16.5. The molecule has 4 rings (SSSR count). The highest BCUT2D eigenvalue weighted by Crippen LogP contribution is 2.41. The largest absolute Gasteiger partial charge is 0.503 e. The van der Waals surface area contributed by atoms with Crippen LogP contribution in [-0.2, 0) is 0 Å². The van der Waals surface area contributed by atoms with Crippen molar-refractivity contribution in [2.45, 2.75) is 88.8 Å². The van der Waals surface area contributed by atoms with Crippen molar-refractivity contribution in [2.75, 3.05) is 0 Å². The summed E-state index contributed by atoms with van der Waals surface area (Å²) in [6.07, 6.45) is 12.0. The van der Waals surface area contributed by atoms with Crippen molar-refractivity contribution in [1.29, 1.82) is 0 Å². The van der Waals surface area contributed by atoms with Gasteiger partial charge in [0.05, 0.1) is 8.07 Å². The van der Waals surface area contributed by atoms with Crippen LogP contribution in [0, 0.1) is 11.6 Å². The molecular weight excluding hydrogens is 466 g/mol. The van der Waals surface area contributed by atoms with Crippen LogP contribution >= 0.6 is 0 Å². The molecule has 0 aliphatic carbocycles. The molecule has 0 aromatic heterocycles. The van der Waals surface area contributed by atoms with Crippen molar-refractivity contribution in [1.82, 2.24) is 0 Å². The molecule has 4 heteroatoms. The van der Waals surface area contributed by atoms with Crippen LogP contribution in [0.1, 0.15) is 76.2 Å². The molecule has 1 saturated heterocycles. The average Bonchev–Trinajstić information content (AvgIpc) is 2.92. The van der Waals surface area contributed by atoms with Gasteiger partial charge in [0, 0.05) is 0 Å². The van der Waals surface area contributed by atoms with Gasteiger partial charge in [0.15, 0.2) is 17.4 Å². The molecule has 0 unspecified atom stereocenters. The second kappa shape index (κ2) is 12.7. The molecule has 1 heterocycles. The van der Waals surface area contributed by atoms with Gasteiger partial charge < -0.3 is 5.11 Å². The first-order chi connectivity index (χ1) is 17.5. The van der Waals surface area contributed by atoms with Gasteiger partial charge in [-0.25, -0.2) is 8.78 Å². The Labute approximate surface area is 216 Å². The van der Waals surface area contributed by atoms with Crippen LogP contribution in [-0.4, -0.2) is 13.2 Å². The molecule has 0 spiro atoms. The van der Waals surface area contributed by atoms with Crippen molar-refractivity contribution in [3.8, 4) is 16.9 Å². The third kappa shape index (κ3) is 6.45. The van der Waals surface area contributed by atoms with Crippen molar-refractivity contribution in [2.24, 2.45) is 0 Å². The summed E-state index contributed by atoms with van der Waals surface area (Å²) in [6.45, 7) is 2.28. The topological polar surface area (TPSA) is 20.2 Å². The summed E-state index contributed by atoms with van der Waals surface area (Å²) in [7, 11) is -1.50. The second-order valence-corrected chi connectivity index (χ2v) is 15.3. The summed E-state index contributed by atoms with van der Waals surface area (Å²) in [5.74, 6) is -2.22. The highest BCUT2D eigenvalue weighted by atomic mass is 28.3. The third-order valence-corrected chi connectivity index (χ3v) is 13.7. The first kappa shape index (κ1) is 26.6. The van der Waals surface area contributed by atoms with Gasteiger partial charge in [-0.3, -0.25) is 0 Å². The quantitative estimate of drug-likeness (QED) is 0.203. The highest BCUT2D eigenvalue weighted by molar-refractivity contribution is 6.92. The minimum Gasteiger partial charge on any atom is -0.503 e. The number of hydrogen-bond acceptors (Lipinski definition) is 1. The molecule has 0 radical (unpaired) electrons. The van der Waals surface area contributed by atoms with Crippen molar-refractivity contribution < 1.29 is 13.9 Å². The molecule has 0 amide bonds. The van der Waals surface area contributed by atoms with E-state index in [2.05, 4.69) is 49.4 Å². The number of rotatable bonds is 11. The minimum absolute atomic E-state index is 0.447. The van der Waals surface area contributed by atoms with Gasteiger partial charge in [-0.15, -0.1) is 0 Å². The number of unbranched alkanes of at least 4 members (excludes halogenated alkanes) is 6. The van der Waals surface area contributed by atoms with Gasteiger partial charge >= 0.3 is 0 Å². The molecule has 1 fully saturated rings. The van der Waals surface area contributed by atoms with E-state index in [1.165, 1.54) is 93.6 Å². The number of halogens is 2. The van der Waals surface area contributed by atoms with Gasteiger partial charge in [0.1, 0.15) is 0 Å². The Hall–Kier alpha value is -2.46. The van der Waals surface area contributed by atoms with Crippen LogP contribution < -0.4 is 5.19 Å². The zero-order valence-corrected chi connectivity index (χ0v) is 22.6. The predicted molar refractivity (Wildman–Crippen MR) is 150 cm³/mol. The molecule has 36 heavy (non-hydrogen) atoms. The molecule has 1 aliphatic rings. The van der Waals surface area contributed by atoms with Crippen LogP contribution in [0.3, 0.4) is 0 Å². The molecule has 0 bridgehead atoms. The Balaban J connectivity index is 1.39. The summed E-state index contributed by atoms with van der Waals surface area (Å²) < 4.78 is 27.6. The maximum absolute atomic E-state index is 13.8. The monoisotopic (exact) mass is 506 g/mol. The first-order valence-electron chi connectivity index (χ1n) is 13.9. The van der Waals surface area contributed by atoms with E-state index in [9.17, 15) is 13.9 Å². The number of benzene rings is 3. The Morgan fingerprint density at radius 1 is 0.750 bits per heavy atom. The lowest BCUT2D eigenvalue weighted by atomic mass is 9.92. The summed E-state index contributed by atoms with van der Waals surface area (Å²) in [5.41, 5.74) is 2.53. The fraction of sp³-hybridized carbons (Fsp3) is 0.438. The van der Waals surface area contributed by atoms with Gasteiger partial charge in [-0.1, -0.05) is 130 Å². The van der Waals surface area contributed by atoms with E-state index in [1.54, 1.807) is 5.19 Å². The molecule has 1 aliphatic heterocycles. The standard InChI is InChI=1S/C32H40F2OSi/c1-2-3-4-5-6-7-11-20-36(29-12-9-8-10-13-29)21-18-27(19-22-36)25-14-16-26(17-15-25)28-23-30(33)32(35)31(34)24-28/h8-10,12-17,23-24,27,35H,2-7,11,18-22H2,1H3. The van der Waals surface area contributed by atoms with Gasteiger partial charge in [0.2, 0.25) is 0 Å². The van der Waals surface area contributed by atoms with E-state index in [1.807, 2.05) is 12.1 Å². The smallest absolute Gasteiger partial charge is 0.187 e. The lowest BCUT2D eigenvalue weighted by Crippen LogP contribution is -2.49. The molecule has 0 saturated carbocycles. The molecule has 1 nitrogen and oxygen atoms in total. The molecule has 1 N–H and O–H groups in total. The minimum atomic E-state index is -1.50. The maximum atomic E-state index is 13.8. The summed E-state index contributed by atoms with van der Waals surface area (Å²) in [4.78, 5) is 0. The van der Waals surface area contributed by atoms with E-state index in [0.717, 1.165) is 5.56 Å². The van der Waals surface area contributed by atoms with Crippen molar-refractivity contribution >= 4 is 13.3 Å². The second-order valence-electron chi connectivity index (χ2n) is 10.7. The Morgan fingerprint density at radius 3 is 1.94 bits per heavy atom. The fourth-order valence-electron chi connectivity index (χ4n) is 6.08. The number of phenolic OH excluding ortho intramolecular Hbond substituents is 1. The van der Waals surface area contributed by atoms with Crippen molar-refractivity contribution in [3.63, 3.8) is 0 Å². The number of phenols is 1. The van der Waals surface area contributed by atoms with Gasteiger partial charge in [-0.2, -0.15) is 0 Å². The lowest BCUT2D eigenvalue weighted by Gasteiger charge is -2.39. The maximum Gasteiger partial charge on any atom is 0.187 e. The Morgan fingerprint density at radius 2 is 1.33 bits per heavy atom. The number of aromatic hydroxyl groups is 1. The Kier molecular flexibility index (Phi) is 9.36. The molecule has 3 aromatic carbocycles. The van der Waals surface area contributed by atoms with Gasteiger partial charge in [0.25, 0.3) is 0 Å². The molecule has 3 aromatic rings. The van der Waals surface area contributed by atoms with E-state index in [-0.39, 0.29) is 0 Å². The van der Waals surface area contributed by atoms with E-state index < -0.39 is 25.5 Å². The predicted octanol–water partition coefficient (Wildman–Crippen LogP) is 9.32. The third-order valence-electron chi connectivity index (χ3n) is 8.32. The Bertz CT molecular complexity index is 1070. The summed E-state index contributed by atoms with van der Waals surface area (Å²) in [6, 6.07) is 26.0. The molecule has 192 valence electrons. The molecule has 0 atom stereocenters. The van der Waals surface area contributed by atoms with Crippen LogP contribution in [0.15, 0.2) is 66.7 Å². The van der Waals surface area contributed by atoms with Crippen LogP contribution in [0.2, 0.25) is 18.1 Å². The lowest BCUT2D eigenvalue weighted by molar-refractivity contribution is 0.396. The zero-order chi connectivity index (χ0) is 25.4. The summed E-state index contributed by atoms with van der Waals surface area (Å²) in [5, 5.41) is 11.0. The number of hydrogen-bond donors (Lipinski definition) is 1. The highest BCUT2D eigenvalue weighted by Gasteiger charge is 2.38. The molecular formula is C32H40F2OSi. The van der Waals surface area contributed by atoms with Crippen molar-refractivity contribution in [3.05, 3.63) is 83.9 Å². The van der Waals surface area contributed by atoms with Crippen LogP contribution in [0.5, 0.6) is 5.75 Å². The normalized spacial score (nSPS) is 19.9. The van der Waals surface area contributed by atoms with E-state index in [4.69, 9.17) is 0 Å². The average molecular weight is 507 g/mol. The SMILES string of the molecule is CCCCCCCCC[Si]1(c2ccccc2)CCC(c2ccc(-c3cc(F)c(O)c(F)c3)cc2)CC1. The zero-order valence-electron chi connectivity index (χ0n) is 21.6. The van der Waals surface area contributed by atoms with E-state index >= 15 is 0 Å². The van der Waals surface area contributed by atoms with Crippen LogP contribution in [0.25, 0.3) is 11.1 Å².